The van der Waals surface area contributed by atoms with E-state index in [1.54, 1.807) is 4.57 Å². The van der Waals surface area contributed by atoms with Gasteiger partial charge in [0.05, 0.1) is 26.1 Å². The lowest BCUT2D eigenvalue weighted by Crippen LogP contribution is -2.38. The molecule has 4 heterocycles. The number of imidazole rings is 1. The number of anilines is 1. The molecule has 5 unspecified atom stereocenters. The molecule has 0 amide bonds. The SMILES string of the molecule is COC1C(COP(=O)(O)N2CCOCC2)OC(n2cnc3c(N)ncnc32)C1OC. The summed E-state index contributed by atoms with van der Waals surface area (Å²) in [4.78, 5) is 22.8. The molecule has 0 spiro atoms. The molecular weight excluding hydrogens is 419 g/mol. The molecule has 2 fully saturated rings. The van der Waals surface area contributed by atoms with Crippen molar-refractivity contribution in [1.29, 1.82) is 0 Å². The van der Waals surface area contributed by atoms with Crippen LogP contribution in [0, 0.1) is 0 Å². The van der Waals surface area contributed by atoms with Gasteiger partial charge in [0.2, 0.25) is 0 Å². The molecule has 2 aliphatic heterocycles. The summed E-state index contributed by atoms with van der Waals surface area (Å²) >= 11 is 0. The number of nitrogens with two attached hydrogens (primary N) is 1. The first-order valence-corrected chi connectivity index (χ1v) is 10.9. The van der Waals surface area contributed by atoms with Crippen molar-refractivity contribution >= 4 is 24.7 Å². The number of hydrogen-bond acceptors (Lipinski definition) is 10. The molecule has 13 nitrogen and oxygen atoms in total. The van der Waals surface area contributed by atoms with Gasteiger partial charge in [0.1, 0.15) is 30.2 Å². The van der Waals surface area contributed by atoms with Crippen molar-refractivity contribution in [1.82, 2.24) is 24.2 Å². The van der Waals surface area contributed by atoms with Crippen LogP contribution in [0.2, 0.25) is 0 Å². The van der Waals surface area contributed by atoms with Gasteiger partial charge in [0.15, 0.2) is 17.7 Å². The summed E-state index contributed by atoms with van der Waals surface area (Å²) in [5.41, 5.74) is 6.79. The predicted octanol–water partition coefficient (Wildman–Crippen LogP) is -0.215. The Labute approximate surface area is 172 Å². The van der Waals surface area contributed by atoms with E-state index in [9.17, 15) is 9.46 Å². The zero-order valence-corrected chi connectivity index (χ0v) is 17.6. The van der Waals surface area contributed by atoms with Crippen LogP contribution >= 0.6 is 7.75 Å². The third kappa shape index (κ3) is 3.95. The van der Waals surface area contributed by atoms with Crippen molar-refractivity contribution < 1.29 is 32.9 Å². The van der Waals surface area contributed by atoms with E-state index in [4.69, 9.17) is 29.2 Å². The Balaban J connectivity index is 1.53. The number of morpholine rings is 1. The minimum atomic E-state index is -3.99. The monoisotopic (exact) mass is 444 g/mol. The molecule has 0 radical (unpaired) electrons. The van der Waals surface area contributed by atoms with Crippen LogP contribution in [-0.2, 0) is 28.0 Å². The number of nitrogen functional groups attached to an aromatic ring is 1. The lowest BCUT2D eigenvalue weighted by molar-refractivity contribution is -0.0579. The number of hydrogen-bond donors (Lipinski definition) is 2. The lowest BCUT2D eigenvalue weighted by Gasteiger charge is -2.30. The molecule has 2 saturated heterocycles. The molecule has 0 bridgehead atoms. The fraction of sp³-hybridized carbons (Fsp3) is 0.688. The van der Waals surface area contributed by atoms with E-state index in [1.165, 1.54) is 31.5 Å². The Morgan fingerprint density at radius 2 is 1.97 bits per heavy atom. The quantitative estimate of drug-likeness (QED) is 0.542. The zero-order chi connectivity index (χ0) is 21.3. The normalized spacial score (nSPS) is 30.0. The van der Waals surface area contributed by atoms with Gasteiger partial charge in [-0.2, -0.15) is 0 Å². The summed E-state index contributed by atoms with van der Waals surface area (Å²) in [6.07, 6.45) is 0.454. The van der Waals surface area contributed by atoms with E-state index >= 15 is 0 Å². The van der Waals surface area contributed by atoms with E-state index in [-0.39, 0.29) is 12.4 Å². The fourth-order valence-electron chi connectivity index (χ4n) is 3.72. The van der Waals surface area contributed by atoms with E-state index in [2.05, 4.69) is 15.0 Å². The summed E-state index contributed by atoms with van der Waals surface area (Å²) < 4.78 is 43.6. The van der Waals surface area contributed by atoms with Gasteiger partial charge in [-0.25, -0.2) is 24.2 Å². The Bertz CT molecular complexity index is 923. The maximum Gasteiger partial charge on any atom is 0.405 e. The molecule has 30 heavy (non-hydrogen) atoms. The van der Waals surface area contributed by atoms with Crippen LogP contribution in [0.25, 0.3) is 11.2 Å². The number of fused-ring (bicyclic) bond motifs is 1. The Kier molecular flexibility index (Phi) is 6.32. The lowest BCUT2D eigenvalue weighted by atomic mass is 10.1. The van der Waals surface area contributed by atoms with Gasteiger partial charge >= 0.3 is 7.75 Å². The molecule has 14 heteroatoms. The van der Waals surface area contributed by atoms with Crippen LogP contribution in [-0.4, -0.2) is 94.5 Å². The third-order valence-electron chi connectivity index (χ3n) is 5.24. The number of rotatable bonds is 7. The molecule has 166 valence electrons. The molecule has 0 saturated carbocycles. The van der Waals surface area contributed by atoms with Crippen LogP contribution in [0.1, 0.15) is 6.23 Å². The van der Waals surface area contributed by atoms with E-state index in [1.807, 2.05) is 0 Å². The zero-order valence-electron chi connectivity index (χ0n) is 16.7. The number of nitrogens with zero attached hydrogens (tertiary/aromatic N) is 5. The molecule has 2 aromatic heterocycles. The Morgan fingerprint density at radius 1 is 1.23 bits per heavy atom. The second-order valence-electron chi connectivity index (χ2n) is 6.90. The molecule has 0 aromatic carbocycles. The summed E-state index contributed by atoms with van der Waals surface area (Å²) in [7, 11) is -0.943. The van der Waals surface area contributed by atoms with Crippen molar-refractivity contribution in [3.8, 4) is 0 Å². The molecule has 2 aliphatic rings. The molecule has 4 rings (SSSR count). The molecule has 0 aliphatic carbocycles. The van der Waals surface area contributed by atoms with Crippen molar-refractivity contribution in [3.63, 3.8) is 0 Å². The van der Waals surface area contributed by atoms with Crippen LogP contribution < -0.4 is 5.73 Å². The number of ether oxygens (including phenoxy) is 4. The summed E-state index contributed by atoms with van der Waals surface area (Å²) in [5.74, 6) is 0.251. The molecule has 5 atom stereocenters. The molecule has 2 aromatic rings. The highest BCUT2D eigenvalue weighted by Crippen LogP contribution is 2.47. The minimum Gasteiger partial charge on any atom is -0.382 e. The van der Waals surface area contributed by atoms with E-state index in [0.29, 0.717) is 37.5 Å². The second-order valence-corrected chi connectivity index (χ2v) is 8.71. The van der Waals surface area contributed by atoms with Gasteiger partial charge in [-0.3, -0.25) is 9.09 Å². The second kappa shape index (κ2) is 8.81. The van der Waals surface area contributed by atoms with Gasteiger partial charge in [-0.15, -0.1) is 0 Å². The summed E-state index contributed by atoms with van der Waals surface area (Å²) in [6.45, 7) is 1.23. The first kappa shape index (κ1) is 21.5. The third-order valence-corrected chi connectivity index (χ3v) is 6.84. The van der Waals surface area contributed by atoms with E-state index in [0.717, 1.165) is 0 Å². The molecular formula is C16H25N6O7P. The van der Waals surface area contributed by atoms with Crippen molar-refractivity contribution in [2.75, 3.05) is 52.9 Å². The summed E-state index contributed by atoms with van der Waals surface area (Å²) in [6, 6.07) is 0. The maximum atomic E-state index is 12.6. The van der Waals surface area contributed by atoms with Gasteiger partial charge in [-0.1, -0.05) is 0 Å². The Hall–Kier alpha value is -1.70. The van der Waals surface area contributed by atoms with Gasteiger partial charge in [0, 0.05) is 27.3 Å². The largest absolute Gasteiger partial charge is 0.405 e. The first-order valence-electron chi connectivity index (χ1n) is 9.41. The Morgan fingerprint density at radius 3 is 2.67 bits per heavy atom. The standard InChI is InChI=1S/C16H25N6O7P/c1-25-12-10(7-28-30(23,24)21-3-5-27-6-4-21)29-16(13(12)26-2)22-9-20-11-14(17)18-8-19-15(11)22/h8-10,12-13,16H,3-7H2,1-2H3,(H,23,24)(H2,17,18,19). The predicted molar refractivity (Wildman–Crippen MR) is 103 cm³/mol. The van der Waals surface area contributed by atoms with E-state index < -0.39 is 32.3 Å². The van der Waals surface area contributed by atoms with Crippen molar-refractivity contribution in [3.05, 3.63) is 12.7 Å². The van der Waals surface area contributed by atoms with Crippen molar-refractivity contribution in [2.45, 2.75) is 24.5 Å². The van der Waals surface area contributed by atoms with Crippen molar-refractivity contribution in [2.24, 2.45) is 0 Å². The fourth-order valence-corrected chi connectivity index (χ4v) is 4.89. The average Bonchev–Trinajstić information content (AvgIpc) is 3.34. The van der Waals surface area contributed by atoms with Gasteiger partial charge < -0.3 is 29.6 Å². The highest BCUT2D eigenvalue weighted by Gasteiger charge is 2.48. The summed E-state index contributed by atoms with van der Waals surface area (Å²) in [5, 5.41) is 0. The number of methoxy groups -OCH3 is 2. The smallest absolute Gasteiger partial charge is 0.382 e. The molecule has 3 N–H and O–H groups in total. The minimum absolute atomic E-state index is 0.163. The average molecular weight is 444 g/mol. The highest BCUT2D eigenvalue weighted by atomic mass is 31.2. The van der Waals surface area contributed by atoms with Gasteiger partial charge in [0.25, 0.3) is 0 Å². The van der Waals surface area contributed by atoms with Crippen LogP contribution in [0.3, 0.4) is 0 Å². The van der Waals surface area contributed by atoms with Crippen LogP contribution in [0.5, 0.6) is 0 Å². The highest BCUT2D eigenvalue weighted by molar-refractivity contribution is 7.50. The maximum absolute atomic E-state index is 12.6. The first-order chi connectivity index (χ1) is 14.5. The van der Waals surface area contributed by atoms with Gasteiger partial charge in [-0.05, 0) is 0 Å². The number of aromatic nitrogens is 4. The van der Waals surface area contributed by atoms with Crippen LogP contribution in [0.15, 0.2) is 12.7 Å². The van der Waals surface area contributed by atoms with Crippen LogP contribution in [0.4, 0.5) is 5.82 Å². The topological polar surface area (TPSA) is 156 Å².